The molecule has 3 N–H and O–H groups in total. The minimum Gasteiger partial charge on any atom is -0.466 e. The van der Waals surface area contributed by atoms with Gasteiger partial charge in [-0.15, -0.1) is 0 Å². The van der Waals surface area contributed by atoms with Gasteiger partial charge in [0.15, 0.2) is 6.73 Å². The van der Waals surface area contributed by atoms with E-state index in [9.17, 15) is 14.4 Å². The van der Waals surface area contributed by atoms with Crippen LogP contribution in [0.3, 0.4) is 0 Å². The summed E-state index contributed by atoms with van der Waals surface area (Å²) in [6.45, 7) is 4.18. The maximum atomic E-state index is 13.6. The van der Waals surface area contributed by atoms with Gasteiger partial charge in [-0.3, -0.25) is 19.3 Å². The minimum absolute atomic E-state index is 0.0482. The molecule has 2 aromatic carbocycles. The summed E-state index contributed by atoms with van der Waals surface area (Å²) < 4.78 is 11.9. The number of aryl methyl sites for hydroxylation is 1. The third kappa shape index (κ3) is 7.94. The van der Waals surface area contributed by atoms with E-state index in [-0.39, 0.29) is 56.4 Å². The predicted octanol–water partition coefficient (Wildman–Crippen LogP) is 3.80. The van der Waals surface area contributed by atoms with Gasteiger partial charge in [0.25, 0.3) is 5.91 Å². The van der Waals surface area contributed by atoms with Crippen LogP contribution in [0.5, 0.6) is 0 Å². The van der Waals surface area contributed by atoms with Crippen molar-refractivity contribution in [2.45, 2.75) is 33.2 Å². The standard InChI is InChI=1S/C31H35N7O5/c1-4-28(39)43-20-35-30(32)21-9-12-23(13-10-21)34-19-27-36-24-18-22(11-14-25(24)37(27)3)31(41)38(17-15-29(40)42-5-2)26-8-6-7-16-33-26/h6-14,16,18,34H,4-5,15,17,19-20H2,1-3H3,(H2,32,35). The van der Waals surface area contributed by atoms with Crippen molar-refractivity contribution in [3.05, 3.63) is 83.8 Å². The third-order valence-electron chi connectivity index (χ3n) is 6.62. The van der Waals surface area contributed by atoms with Crippen LogP contribution >= 0.6 is 0 Å². The highest BCUT2D eigenvalue weighted by atomic mass is 16.5. The Morgan fingerprint density at radius 3 is 2.47 bits per heavy atom. The van der Waals surface area contributed by atoms with Crippen LogP contribution in [0.4, 0.5) is 11.5 Å². The van der Waals surface area contributed by atoms with Gasteiger partial charge in [0.05, 0.1) is 30.6 Å². The molecular weight excluding hydrogens is 550 g/mol. The number of amidine groups is 1. The van der Waals surface area contributed by atoms with E-state index in [2.05, 4.69) is 15.3 Å². The Labute approximate surface area is 249 Å². The Hall–Kier alpha value is -5.26. The lowest BCUT2D eigenvalue weighted by molar-refractivity contribution is -0.143. The van der Waals surface area contributed by atoms with Crippen LogP contribution in [0.1, 0.15) is 48.4 Å². The molecule has 4 aromatic rings. The Kier molecular flexibility index (Phi) is 10.4. The summed E-state index contributed by atoms with van der Waals surface area (Å²) in [5.41, 5.74) is 9.53. The maximum Gasteiger partial charge on any atom is 0.307 e. The van der Waals surface area contributed by atoms with Crippen LogP contribution in [-0.4, -0.2) is 58.1 Å². The van der Waals surface area contributed by atoms with Gasteiger partial charge in [-0.1, -0.05) is 13.0 Å². The summed E-state index contributed by atoms with van der Waals surface area (Å²) in [5.74, 6) is 0.487. The highest BCUT2D eigenvalue weighted by Crippen LogP contribution is 2.21. The lowest BCUT2D eigenvalue weighted by atomic mass is 10.1. The van der Waals surface area contributed by atoms with Crippen molar-refractivity contribution in [1.29, 1.82) is 0 Å². The summed E-state index contributed by atoms with van der Waals surface area (Å²) in [4.78, 5) is 51.5. The Morgan fingerprint density at radius 1 is 1.00 bits per heavy atom. The fraction of sp³-hybridized carbons (Fsp3) is 0.290. The van der Waals surface area contributed by atoms with Crippen molar-refractivity contribution in [2.24, 2.45) is 17.8 Å². The average molecular weight is 586 g/mol. The number of ether oxygens (including phenoxy) is 2. The molecule has 0 saturated heterocycles. The number of anilines is 2. The summed E-state index contributed by atoms with van der Waals surface area (Å²) in [7, 11) is 1.92. The predicted molar refractivity (Wildman–Crippen MR) is 164 cm³/mol. The number of aliphatic imine (C=N–C) groups is 1. The molecule has 0 aliphatic heterocycles. The van der Waals surface area contributed by atoms with E-state index in [1.807, 2.05) is 41.9 Å². The zero-order valence-corrected chi connectivity index (χ0v) is 24.4. The molecule has 0 aliphatic rings. The molecule has 43 heavy (non-hydrogen) atoms. The normalized spacial score (nSPS) is 11.3. The van der Waals surface area contributed by atoms with E-state index in [1.165, 1.54) is 4.90 Å². The number of esters is 2. The second kappa shape index (κ2) is 14.6. The van der Waals surface area contributed by atoms with E-state index >= 15 is 0 Å². The SMILES string of the molecule is CCOC(=O)CCN(C(=O)c1ccc2c(c1)nc(CNc1ccc(/C(N)=N/COC(=O)CC)cc1)n2C)c1ccccn1. The smallest absolute Gasteiger partial charge is 0.307 e. The summed E-state index contributed by atoms with van der Waals surface area (Å²) >= 11 is 0. The lowest BCUT2D eigenvalue weighted by Crippen LogP contribution is -2.34. The number of fused-ring (bicyclic) bond motifs is 1. The van der Waals surface area contributed by atoms with Gasteiger partial charge in [-0.25, -0.2) is 15.0 Å². The first-order valence-corrected chi connectivity index (χ1v) is 13.9. The molecule has 0 fully saturated rings. The fourth-order valence-corrected chi connectivity index (χ4v) is 4.27. The van der Waals surface area contributed by atoms with Crippen LogP contribution in [-0.2, 0) is 32.7 Å². The van der Waals surface area contributed by atoms with Gasteiger partial charge >= 0.3 is 11.9 Å². The van der Waals surface area contributed by atoms with Crippen LogP contribution in [0.2, 0.25) is 0 Å². The van der Waals surface area contributed by atoms with Gasteiger partial charge in [0.2, 0.25) is 0 Å². The third-order valence-corrected chi connectivity index (χ3v) is 6.62. The number of nitrogens with one attached hydrogen (secondary N) is 1. The Bertz CT molecular complexity index is 1600. The zero-order valence-electron chi connectivity index (χ0n) is 24.4. The number of hydrogen-bond donors (Lipinski definition) is 2. The summed E-state index contributed by atoms with van der Waals surface area (Å²) in [6, 6.07) is 18.0. The number of carbonyl (C=O) groups is 3. The molecular formula is C31H35N7O5. The number of carbonyl (C=O) groups excluding carboxylic acids is 3. The number of rotatable bonds is 13. The number of amides is 1. The molecule has 224 valence electrons. The van der Waals surface area contributed by atoms with E-state index in [0.717, 1.165) is 17.0 Å². The van der Waals surface area contributed by atoms with Crippen molar-refractivity contribution in [1.82, 2.24) is 14.5 Å². The molecule has 2 heterocycles. The molecule has 0 saturated carbocycles. The molecule has 0 atom stereocenters. The molecule has 4 rings (SSSR count). The number of benzene rings is 2. The topological polar surface area (TPSA) is 154 Å². The summed E-state index contributed by atoms with van der Waals surface area (Å²) in [6.07, 6.45) is 1.93. The number of nitrogens with two attached hydrogens (primary N) is 1. The fourth-order valence-electron chi connectivity index (χ4n) is 4.27. The van der Waals surface area contributed by atoms with Crippen molar-refractivity contribution in [3.63, 3.8) is 0 Å². The molecule has 0 bridgehead atoms. The van der Waals surface area contributed by atoms with Crippen molar-refractivity contribution in [3.8, 4) is 0 Å². The molecule has 1 amide bonds. The van der Waals surface area contributed by atoms with Gasteiger partial charge in [-0.2, -0.15) is 0 Å². The number of nitrogens with zero attached hydrogens (tertiary/aromatic N) is 5. The van der Waals surface area contributed by atoms with E-state index in [4.69, 9.17) is 20.2 Å². The molecule has 0 aliphatic carbocycles. The van der Waals surface area contributed by atoms with Crippen molar-refractivity contribution in [2.75, 3.05) is 30.1 Å². The lowest BCUT2D eigenvalue weighted by Gasteiger charge is -2.21. The quantitative estimate of drug-likeness (QED) is 0.135. The van der Waals surface area contributed by atoms with Crippen LogP contribution < -0.4 is 16.0 Å². The van der Waals surface area contributed by atoms with Crippen molar-refractivity contribution >= 4 is 46.2 Å². The summed E-state index contributed by atoms with van der Waals surface area (Å²) in [5, 5.41) is 3.35. The highest BCUT2D eigenvalue weighted by Gasteiger charge is 2.21. The second-order valence-corrected chi connectivity index (χ2v) is 9.46. The first-order chi connectivity index (χ1) is 20.8. The molecule has 0 radical (unpaired) electrons. The number of aromatic nitrogens is 3. The van der Waals surface area contributed by atoms with E-state index in [1.54, 1.807) is 50.4 Å². The molecule has 12 heteroatoms. The number of pyridine rings is 1. The van der Waals surface area contributed by atoms with Gasteiger partial charge < -0.3 is 25.1 Å². The molecule has 0 spiro atoms. The number of imidazole rings is 1. The average Bonchev–Trinajstić information content (AvgIpc) is 3.35. The van der Waals surface area contributed by atoms with Crippen LogP contribution in [0.25, 0.3) is 11.0 Å². The van der Waals surface area contributed by atoms with Gasteiger partial charge in [-0.05, 0) is 61.5 Å². The Balaban J connectivity index is 1.45. The minimum atomic E-state index is -0.380. The molecule has 0 unspecified atom stereocenters. The highest BCUT2D eigenvalue weighted by molar-refractivity contribution is 6.07. The first kappa shape index (κ1) is 30.7. The van der Waals surface area contributed by atoms with Crippen molar-refractivity contribution < 1.29 is 23.9 Å². The molecule has 12 nitrogen and oxygen atoms in total. The van der Waals surface area contributed by atoms with Gasteiger partial charge in [0.1, 0.15) is 17.5 Å². The largest absolute Gasteiger partial charge is 0.466 e. The second-order valence-electron chi connectivity index (χ2n) is 9.46. The monoisotopic (exact) mass is 585 g/mol. The van der Waals surface area contributed by atoms with Crippen LogP contribution in [0, 0.1) is 0 Å². The first-order valence-electron chi connectivity index (χ1n) is 13.9. The van der Waals surface area contributed by atoms with Crippen LogP contribution in [0.15, 0.2) is 71.9 Å². The number of hydrogen-bond acceptors (Lipinski definition) is 9. The van der Waals surface area contributed by atoms with E-state index in [0.29, 0.717) is 29.0 Å². The maximum absolute atomic E-state index is 13.6. The molecule has 2 aromatic heterocycles. The van der Waals surface area contributed by atoms with Gasteiger partial charge in [0, 0.05) is 43.0 Å². The zero-order chi connectivity index (χ0) is 30.8. The Morgan fingerprint density at radius 2 is 1.77 bits per heavy atom. The van der Waals surface area contributed by atoms with E-state index < -0.39 is 0 Å².